The first-order valence-electron chi connectivity index (χ1n) is 5.76. The first-order chi connectivity index (χ1) is 8.86. The van der Waals surface area contributed by atoms with Crippen molar-refractivity contribution in [1.29, 1.82) is 0 Å². The standard InChI is InChI=1S/C15H14O2S/c18-15(13-7-3-1-4-8-13)17-12-11-16-14-9-5-2-6-10-14/h1-10H,11-12H2. The van der Waals surface area contributed by atoms with E-state index in [1.807, 2.05) is 60.7 Å². The highest BCUT2D eigenvalue weighted by Gasteiger charge is 2.00. The van der Waals surface area contributed by atoms with Crippen LogP contribution < -0.4 is 4.74 Å². The van der Waals surface area contributed by atoms with E-state index in [0.29, 0.717) is 18.3 Å². The van der Waals surface area contributed by atoms with Crippen molar-refractivity contribution in [2.24, 2.45) is 0 Å². The molecule has 3 heteroatoms. The summed E-state index contributed by atoms with van der Waals surface area (Å²) in [7, 11) is 0. The van der Waals surface area contributed by atoms with Gasteiger partial charge >= 0.3 is 0 Å². The normalized spacial score (nSPS) is 9.78. The molecule has 0 aromatic heterocycles. The van der Waals surface area contributed by atoms with Gasteiger partial charge in [0, 0.05) is 5.56 Å². The van der Waals surface area contributed by atoms with Gasteiger partial charge in [-0.3, -0.25) is 0 Å². The number of para-hydroxylation sites is 1. The zero-order valence-electron chi connectivity index (χ0n) is 9.91. The van der Waals surface area contributed by atoms with Crippen LogP contribution in [0.4, 0.5) is 0 Å². The van der Waals surface area contributed by atoms with E-state index < -0.39 is 0 Å². The average Bonchev–Trinajstić information content (AvgIpc) is 2.45. The fourth-order valence-corrected chi connectivity index (χ4v) is 1.69. The lowest BCUT2D eigenvalue weighted by Crippen LogP contribution is -2.11. The van der Waals surface area contributed by atoms with Crippen molar-refractivity contribution < 1.29 is 9.47 Å². The van der Waals surface area contributed by atoms with E-state index >= 15 is 0 Å². The monoisotopic (exact) mass is 258 g/mol. The SMILES string of the molecule is S=C(OCCOc1ccccc1)c1ccccc1. The molecule has 0 aliphatic rings. The van der Waals surface area contributed by atoms with Crippen LogP contribution in [-0.4, -0.2) is 18.3 Å². The van der Waals surface area contributed by atoms with E-state index in [2.05, 4.69) is 0 Å². The second-order valence-electron chi connectivity index (χ2n) is 3.66. The van der Waals surface area contributed by atoms with E-state index in [-0.39, 0.29) is 0 Å². The summed E-state index contributed by atoms with van der Waals surface area (Å²) in [6, 6.07) is 19.3. The van der Waals surface area contributed by atoms with Crippen LogP contribution >= 0.6 is 12.2 Å². The van der Waals surface area contributed by atoms with E-state index in [0.717, 1.165) is 11.3 Å². The van der Waals surface area contributed by atoms with Gasteiger partial charge in [-0.25, -0.2) is 0 Å². The largest absolute Gasteiger partial charge is 0.490 e. The molecule has 0 spiro atoms. The number of ether oxygens (including phenoxy) is 2. The zero-order valence-corrected chi connectivity index (χ0v) is 10.7. The summed E-state index contributed by atoms with van der Waals surface area (Å²) in [6.07, 6.45) is 0. The van der Waals surface area contributed by atoms with Gasteiger partial charge < -0.3 is 9.47 Å². The fraction of sp³-hybridized carbons (Fsp3) is 0.133. The van der Waals surface area contributed by atoms with Crippen molar-refractivity contribution in [3.8, 4) is 5.75 Å². The van der Waals surface area contributed by atoms with E-state index in [4.69, 9.17) is 21.7 Å². The van der Waals surface area contributed by atoms with Crippen molar-refractivity contribution in [2.75, 3.05) is 13.2 Å². The first-order valence-corrected chi connectivity index (χ1v) is 6.17. The minimum Gasteiger partial charge on any atom is -0.490 e. The summed E-state index contributed by atoms with van der Waals surface area (Å²) < 4.78 is 11.0. The van der Waals surface area contributed by atoms with Gasteiger partial charge in [0.2, 0.25) is 0 Å². The highest BCUT2D eigenvalue weighted by molar-refractivity contribution is 7.80. The number of benzene rings is 2. The molecule has 2 aromatic rings. The predicted molar refractivity (Wildman–Crippen MR) is 76.0 cm³/mol. The van der Waals surface area contributed by atoms with Crippen molar-refractivity contribution >= 4 is 17.3 Å². The van der Waals surface area contributed by atoms with Gasteiger partial charge in [-0.15, -0.1) is 0 Å². The molecule has 0 heterocycles. The average molecular weight is 258 g/mol. The maximum atomic E-state index is 5.51. The first kappa shape index (κ1) is 12.6. The maximum Gasteiger partial charge on any atom is 0.191 e. The minimum atomic E-state index is 0.447. The van der Waals surface area contributed by atoms with Crippen LogP contribution in [0.1, 0.15) is 5.56 Å². The quantitative estimate of drug-likeness (QED) is 0.604. The molecular weight excluding hydrogens is 244 g/mol. The van der Waals surface area contributed by atoms with Gasteiger partial charge in [-0.1, -0.05) is 48.5 Å². The summed E-state index contributed by atoms with van der Waals surface area (Å²) in [4.78, 5) is 0. The molecule has 0 fully saturated rings. The molecule has 0 atom stereocenters. The summed E-state index contributed by atoms with van der Waals surface area (Å²) >= 11 is 5.17. The van der Waals surface area contributed by atoms with Crippen molar-refractivity contribution in [2.45, 2.75) is 0 Å². The molecule has 2 nitrogen and oxygen atoms in total. The lowest BCUT2D eigenvalue weighted by molar-refractivity contribution is 0.213. The molecule has 0 aliphatic carbocycles. The van der Waals surface area contributed by atoms with Crippen molar-refractivity contribution in [3.63, 3.8) is 0 Å². The molecule has 0 saturated heterocycles. The molecule has 0 bridgehead atoms. The van der Waals surface area contributed by atoms with Crippen LogP contribution in [0, 0.1) is 0 Å². The summed E-state index contributed by atoms with van der Waals surface area (Å²) in [5.41, 5.74) is 0.923. The van der Waals surface area contributed by atoms with Gasteiger partial charge in [0.05, 0.1) is 0 Å². The number of hydrogen-bond donors (Lipinski definition) is 0. The Balaban J connectivity index is 1.72. The summed E-state index contributed by atoms with van der Waals surface area (Å²) in [6.45, 7) is 0.930. The second kappa shape index (κ2) is 6.77. The Morgan fingerprint density at radius 3 is 2.11 bits per heavy atom. The lowest BCUT2D eigenvalue weighted by Gasteiger charge is -2.09. The Labute approximate surface area is 112 Å². The van der Waals surface area contributed by atoms with Gasteiger partial charge in [0.1, 0.15) is 19.0 Å². The van der Waals surface area contributed by atoms with Crippen LogP contribution in [-0.2, 0) is 4.74 Å². The molecule has 0 saturated carbocycles. The highest BCUT2D eigenvalue weighted by atomic mass is 32.1. The van der Waals surface area contributed by atoms with E-state index in [9.17, 15) is 0 Å². The Morgan fingerprint density at radius 2 is 1.44 bits per heavy atom. The Kier molecular flexibility index (Phi) is 4.73. The third kappa shape index (κ3) is 3.86. The fourth-order valence-electron chi connectivity index (χ4n) is 1.47. The van der Waals surface area contributed by atoms with E-state index in [1.54, 1.807) is 0 Å². The Bertz CT molecular complexity index is 482. The number of rotatable bonds is 5. The van der Waals surface area contributed by atoms with Gasteiger partial charge in [0.15, 0.2) is 5.05 Å². The molecule has 2 rings (SSSR count). The third-order valence-electron chi connectivity index (χ3n) is 2.34. The van der Waals surface area contributed by atoms with Gasteiger partial charge in [-0.2, -0.15) is 0 Å². The predicted octanol–water partition coefficient (Wildman–Crippen LogP) is 3.46. The van der Waals surface area contributed by atoms with Crippen LogP contribution in [0.5, 0.6) is 5.75 Å². The molecular formula is C15H14O2S. The number of hydrogen-bond acceptors (Lipinski definition) is 3. The third-order valence-corrected chi connectivity index (χ3v) is 2.69. The van der Waals surface area contributed by atoms with E-state index in [1.165, 1.54) is 0 Å². The zero-order chi connectivity index (χ0) is 12.6. The van der Waals surface area contributed by atoms with Gasteiger partial charge in [-0.05, 0) is 24.4 Å². The van der Waals surface area contributed by atoms with Crippen LogP contribution in [0.15, 0.2) is 60.7 Å². The van der Waals surface area contributed by atoms with Crippen LogP contribution in [0.25, 0.3) is 0 Å². The topological polar surface area (TPSA) is 18.5 Å². The van der Waals surface area contributed by atoms with Crippen LogP contribution in [0.3, 0.4) is 0 Å². The Hall–Kier alpha value is -1.87. The Morgan fingerprint density at radius 1 is 0.833 bits per heavy atom. The molecule has 0 radical (unpaired) electrons. The summed E-state index contributed by atoms with van der Waals surface area (Å²) in [5.74, 6) is 0.840. The lowest BCUT2D eigenvalue weighted by atomic mass is 10.2. The molecule has 2 aromatic carbocycles. The minimum absolute atomic E-state index is 0.447. The van der Waals surface area contributed by atoms with Gasteiger partial charge in [0.25, 0.3) is 0 Å². The smallest absolute Gasteiger partial charge is 0.191 e. The van der Waals surface area contributed by atoms with Crippen molar-refractivity contribution in [3.05, 3.63) is 66.2 Å². The molecule has 0 N–H and O–H groups in total. The molecule has 0 aliphatic heterocycles. The maximum absolute atomic E-state index is 5.51. The number of thiocarbonyl (C=S) groups is 1. The molecule has 92 valence electrons. The second-order valence-corrected chi connectivity index (χ2v) is 4.03. The molecule has 0 unspecified atom stereocenters. The van der Waals surface area contributed by atoms with Crippen molar-refractivity contribution in [1.82, 2.24) is 0 Å². The highest BCUT2D eigenvalue weighted by Crippen LogP contribution is 2.08. The summed E-state index contributed by atoms with van der Waals surface area (Å²) in [5, 5.41) is 0.507. The van der Waals surface area contributed by atoms with Crippen LogP contribution in [0.2, 0.25) is 0 Å². The molecule has 0 amide bonds. The molecule has 18 heavy (non-hydrogen) atoms.